The fourth-order valence-corrected chi connectivity index (χ4v) is 6.55. The maximum absolute atomic E-state index is 14.3. The molecule has 8 nitrogen and oxygen atoms in total. The van der Waals surface area contributed by atoms with Crippen LogP contribution in [0.5, 0.6) is 0 Å². The molecule has 6 N–H and O–H groups in total. The van der Waals surface area contributed by atoms with E-state index in [4.69, 9.17) is 15.9 Å². The third-order valence-corrected chi connectivity index (χ3v) is 8.81. The molecule has 254 valence electrons. The normalized spacial score (nSPS) is 31.8. The van der Waals surface area contributed by atoms with Gasteiger partial charge in [-0.2, -0.15) is 0 Å². The molecule has 0 aromatic heterocycles. The second kappa shape index (κ2) is 16.1. The number of allylic oxidation sites excluding steroid dienone is 2. The maximum Gasteiger partial charge on any atom is 0.340 e. The molecule has 3 rings (SSSR count). The van der Waals surface area contributed by atoms with Crippen LogP contribution in [-0.4, -0.2) is 69.4 Å². The average molecular weight is 647 g/mol. The summed E-state index contributed by atoms with van der Waals surface area (Å²) in [5, 5.41) is 42.1. The molecule has 1 saturated carbocycles. The number of carbonyl (C=O) groups is 2. The van der Waals surface area contributed by atoms with Gasteiger partial charge < -0.3 is 31.2 Å². The van der Waals surface area contributed by atoms with Crippen LogP contribution >= 0.6 is 9.24 Å². The number of alkyl halides is 2. The number of halogens is 2. The van der Waals surface area contributed by atoms with Gasteiger partial charge in [0.1, 0.15) is 6.10 Å². The number of esters is 1. The number of aliphatic hydroxyl groups excluding tert-OH is 2. The Labute approximate surface area is 265 Å². The highest BCUT2D eigenvalue weighted by Crippen LogP contribution is 2.62. The van der Waals surface area contributed by atoms with Crippen LogP contribution in [-0.2, 0) is 14.3 Å². The lowest BCUT2D eigenvalue weighted by molar-refractivity contribution is -0.201. The lowest BCUT2D eigenvalue weighted by Crippen LogP contribution is -2.65. The molecule has 1 fully saturated rings. The van der Waals surface area contributed by atoms with Gasteiger partial charge in [-0.25, -0.2) is 13.6 Å². The summed E-state index contributed by atoms with van der Waals surface area (Å²) in [6.07, 6.45) is 0.984. The van der Waals surface area contributed by atoms with E-state index in [1.54, 1.807) is 32.9 Å². The van der Waals surface area contributed by atoms with E-state index in [9.17, 15) is 33.7 Å². The highest BCUT2D eigenvalue weighted by atomic mass is 31.0. The van der Waals surface area contributed by atoms with Crippen LogP contribution in [0.2, 0.25) is 0 Å². The summed E-state index contributed by atoms with van der Waals surface area (Å²) in [7, 11) is 1.38. The van der Waals surface area contributed by atoms with Gasteiger partial charge in [-0.15, -0.1) is 0 Å². The Morgan fingerprint density at radius 3 is 2.05 bits per heavy atom. The van der Waals surface area contributed by atoms with E-state index in [1.165, 1.54) is 16.2 Å². The van der Waals surface area contributed by atoms with Gasteiger partial charge in [0.2, 0.25) is 0 Å². The topological polar surface area (TPSA) is 154 Å². The molecule has 8 atom stereocenters. The van der Waals surface area contributed by atoms with Gasteiger partial charge in [-0.3, -0.25) is 4.79 Å². The van der Waals surface area contributed by atoms with Gasteiger partial charge in [0.05, 0.1) is 17.6 Å². The van der Waals surface area contributed by atoms with Gasteiger partial charge in [0.25, 0.3) is 5.66 Å². The van der Waals surface area contributed by atoms with Crippen LogP contribution in [0.15, 0.2) is 34.4 Å². The highest BCUT2D eigenvalue weighted by Gasteiger charge is 2.73. The molecule has 0 saturated heterocycles. The van der Waals surface area contributed by atoms with Gasteiger partial charge in [0, 0.05) is 18.6 Å². The Bertz CT molecular complexity index is 1140. The zero-order chi connectivity index (χ0) is 35.2. The van der Waals surface area contributed by atoms with Gasteiger partial charge in [-0.05, 0) is 69.1 Å². The Morgan fingerprint density at radius 2 is 1.66 bits per heavy atom. The maximum atomic E-state index is 14.3. The van der Waals surface area contributed by atoms with Gasteiger partial charge >= 0.3 is 5.97 Å². The molecule has 0 aromatic rings. The molecule has 3 aliphatic rings. The van der Waals surface area contributed by atoms with Crippen molar-refractivity contribution in [1.29, 1.82) is 5.41 Å². The Balaban J connectivity index is 0.00000162. The number of carbonyl (C=O) groups excluding carboxylic acids is 2. The zero-order valence-corrected chi connectivity index (χ0v) is 29.8. The number of aliphatic hydroxyl groups is 3. The predicted molar refractivity (Wildman–Crippen MR) is 176 cm³/mol. The zero-order valence-electron chi connectivity index (χ0n) is 28.6. The summed E-state index contributed by atoms with van der Waals surface area (Å²) in [5.74, 6) is -1.92. The second-order valence-corrected chi connectivity index (χ2v) is 13.7. The van der Waals surface area contributed by atoms with Crippen molar-refractivity contribution < 1.29 is 38.4 Å². The molecule has 1 spiro atoms. The second-order valence-electron chi connectivity index (χ2n) is 12.7. The third kappa shape index (κ3) is 8.30. The van der Waals surface area contributed by atoms with Crippen LogP contribution in [0.25, 0.3) is 0 Å². The van der Waals surface area contributed by atoms with Crippen molar-refractivity contribution in [2.24, 2.45) is 34.3 Å². The number of nitrogens with two attached hydrogens (primary N) is 1. The van der Waals surface area contributed by atoms with Crippen molar-refractivity contribution in [1.82, 2.24) is 0 Å². The minimum Gasteiger partial charge on any atom is -0.451 e. The lowest BCUT2D eigenvalue weighted by atomic mass is 9.59. The van der Waals surface area contributed by atoms with E-state index < -0.39 is 52.8 Å². The van der Waals surface area contributed by atoms with E-state index in [-0.39, 0.29) is 34.5 Å². The number of hydrogen-bond acceptors (Lipinski definition) is 8. The first-order valence-electron chi connectivity index (χ1n) is 15.3. The molecule has 0 radical (unpaired) electrons. The lowest BCUT2D eigenvalue weighted by Gasteiger charge is -2.48. The Morgan fingerprint density at radius 1 is 1.20 bits per heavy atom. The molecule has 0 aliphatic heterocycles. The molecule has 2 bridgehead atoms. The number of hydrogen-bond donors (Lipinski definition) is 5. The Kier molecular flexibility index (Phi) is 15.5. The first kappa shape index (κ1) is 42.2. The smallest absolute Gasteiger partial charge is 0.340 e. The molecule has 7 unspecified atom stereocenters. The fraction of sp³-hybridized carbons (Fsp3) is 0.727. The molecule has 11 heteroatoms. The molecule has 0 amide bonds. The van der Waals surface area contributed by atoms with Crippen LogP contribution < -0.4 is 5.73 Å². The molecule has 0 heterocycles. The van der Waals surface area contributed by atoms with Crippen molar-refractivity contribution in [3.8, 4) is 0 Å². The largest absolute Gasteiger partial charge is 0.451 e. The fourth-order valence-electron chi connectivity index (χ4n) is 6.55. The highest BCUT2D eigenvalue weighted by molar-refractivity contribution is 7.18. The van der Waals surface area contributed by atoms with Gasteiger partial charge in [0.15, 0.2) is 17.5 Å². The standard InChI is InChI=1S/C27H39NO6.C2H5F2P.C2H7N.C2H6/c1-13(2)20(17(6)28)24(32)34-23-14(3)11-26-16(5)9-15(4)25(7,8)19(22(26)31)10-18(12-29)21(30)27(23,26)33;1-2(3,4)5;1-2-3;1-2/h10-11,15-16,19,21,23,28-30,33H,9,12H2,1-8H3;5H2,1H3;2-3H2,1H3;1-2H3/t15?,16-,19?,21?,23?,26?,27?;;;/m1.../s1. The number of fused-ring (bicyclic) bond motifs is 1. The first-order valence-corrected chi connectivity index (χ1v) is 15.8. The number of ketones is 1. The number of nitrogens with one attached hydrogen (secondary N) is 1. The van der Waals surface area contributed by atoms with Crippen LogP contribution in [0.4, 0.5) is 8.78 Å². The van der Waals surface area contributed by atoms with Crippen molar-refractivity contribution in [3.63, 3.8) is 0 Å². The summed E-state index contributed by atoms with van der Waals surface area (Å²) in [4.78, 5) is 27.5. The van der Waals surface area contributed by atoms with Crippen molar-refractivity contribution in [2.75, 3.05) is 13.2 Å². The average Bonchev–Trinajstić information content (AvgIpc) is 3.05. The number of rotatable bonds is 4. The number of Topliss-reactive ketones (excluding diaryl/α,β-unsaturated/α-hetero) is 1. The van der Waals surface area contributed by atoms with Crippen molar-refractivity contribution in [2.45, 2.75) is 113 Å². The van der Waals surface area contributed by atoms with Crippen molar-refractivity contribution >= 4 is 26.7 Å². The predicted octanol–water partition coefficient (Wildman–Crippen LogP) is 5.60. The molecule has 44 heavy (non-hydrogen) atoms. The molecular weight excluding hydrogens is 589 g/mol. The minimum atomic E-state index is -2.58. The summed E-state index contributed by atoms with van der Waals surface area (Å²) in [6, 6.07) is 0. The van der Waals surface area contributed by atoms with Crippen LogP contribution in [0, 0.1) is 34.0 Å². The quantitative estimate of drug-likeness (QED) is 0.0876. The monoisotopic (exact) mass is 646 g/mol. The SMILES string of the molecule is CC.CC(=N)C(C(=O)OC1C(C)=CC23C(=O)C(C=C(CO)C(O)C12O)C(C)(C)C(C)C[C@H]3C)=C(C)C.CC(F)(F)P.CCN. The number of ether oxygens (including phenoxy) is 1. The summed E-state index contributed by atoms with van der Waals surface area (Å²) in [6.45, 7) is 21.5. The molecule has 3 aliphatic carbocycles. The Hall–Kier alpha value is -1.84. The third-order valence-electron chi connectivity index (χ3n) is 8.81. The van der Waals surface area contributed by atoms with Crippen LogP contribution in [0.1, 0.15) is 89.5 Å². The van der Waals surface area contributed by atoms with E-state index in [2.05, 4.69) is 6.92 Å². The minimum absolute atomic E-state index is 0.0261. The van der Waals surface area contributed by atoms with Crippen LogP contribution in [0.3, 0.4) is 0 Å². The van der Waals surface area contributed by atoms with E-state index in [0.29, 0.717) is 17.6 Å². The van der Waals surface area contributed by atoms with Crippen molar-refractivity contribution in [3.05, 3.63) is 34.4 Å². The van der Waals surface area contributed by atoms with E-state index in [1.807, 2.05) is 41.5 Å². The van der Waals surface area contributed by atoms with E-state index in [0.717, 1.165) is 13.5 Å². The van der Waals surface area contributed by atoms with E-state index >= 15 is 0 Å². The first-order chi connectivity index (χ1) is 20.0. The molecule has 0 aromatic carbocycles. The van der Waals surface area contributed by atoms with Gasteiger partial charge in [-0.1, -0.05) is 75.4 Å². The summed E-state index contributed by atoms with van der Waals surface area (Å²) >= 11 is 0. The summed E-state index contributed by atoms with van der Waals surface area (Å²) in [5.41, 5.74) is -0.608. The molecular formula is C33H57F2N2O6P. The summed E-state index contributed by atoms with van der Waals surface area (Å²) < 4.78 is 27.8.